The summed E-state index contributed by atoms with van der Waals surface area (Å²) < 4.78 is 0. The quantitative estimate of drug-likeness (QED) is 0.428. The molecule has 0 aliphatic carbocycles. The van der Waals surface area contributed by atoms with Gasteiger partial charge in [-0.3, -0.25) is 0 Å². The van der Waals surface area contributed by atoms with Crippen molar-refractivity contribution < 1.29 is 0 Å². The third kappa shape index (κ3) is 3.92. The van der Waals surface area contributed by atoms with Crippen LogP contribution in [0.3, 0.4) is 0 Å². The largest absolute Gasteiger partial charge is 0.361 e. The maximum atomic E-state index is 2.63. The van der Waals surface area contributed by atoms with Crippen LogP contribution in [0.2, 0.25) is 0 Å². The Kier molecular flexibility index (Phi) is 6.62. The Morgan fingerprint density at radius 1 is 0.962 bits per heavy atom. The summed E-state index contributed by atoms with van der Waals surface area (Å²) in [7, 11) is 0. The number of hydrogen-bond acceptors (Lipinski definition) is 1. The lowest BCUT2D eigenvalue weighted by molar-refractivity contribution is 0.0883. The van der Waals surface area contributed by atoms with E-state index >= 15 is 0 Å². The molecule has 0 N–H and O–H groups in total. The number of nitrogens with zero attached hydrogens (tertiary/aromatic N) is 1. The van der Waals surface area contributed by atoms with Crippen LogP contribution in [0.5, 0.6) is 0 Å². The molecule has 1 atom stereocenters. The Labute approximate surface area is 161 Å². The lowest BCUT2D eigenvalue weighted by atomic mass is 9.75. The molecule has 3 rings (SSSR count). The van der Waals surface area contributed by atoms with Gasteiger partial charge in [0.25, 0.3) is 0 Å². The Morgan fingerprint density at radius 2 is 1.73 bits per heavy atom. The summed E-state index contributed by atoms with van der Waals surface area (Å²) in [5, 5.41) is 0. The zero-order chi connectivity index (χ0) is 18.4. The van der Waals surface area contributed by atoms with E-state index in [-0.39, 0.29) is 5.54 Å². The zero-order valence-corrected chi connectivity index (χ0v) is 17.1. The Morgan fingerprint density at radius 3 is 2.50 bits per heavy atom. The van der Waals surface area contributed by atoms with Crippen LogP contribution >= 0.6 is 0 Å². The molecule has 0 bridgehead atoms. The van der Waals surface area contributed by atoms with Gasteiger partial charge in [-0.1, -0.05) is 83.2 Å². The van der Waals surface area contributed by atoms with Gasteiger partial charge >= 0.3 is 0 Å². The summed E-state index contributed by atoms with van der Waals surface area (Å²) in [4.78, 5) is 2.63. The molecule has 1 nitrogen and oxygen atoms in total. The van der Waals surface area contributed by atoms with Crippen LogP contribution in [0.1, 0.15) is 94.9 Å². The second-order valence-electron chi connectivity index (χ2n) is 8.24. The molecule has 0 spiro atoms. The summed E-state index contributed by atoms with van der Waals surface area (Å²) >= 11 is 0. The van der Waals surface area contributed by atoms with Gasteiger partial charge in [-0.05, 0) is 54.9 Å². The smallest absolute Gasteiger partial charge is 0.0732 e. The number of aryl methyl sites for hydroxylation is 1. The topological polar surface area (TPSA) is 3.24 Å². The van der Waals surface area contributed by atoms with E-state index in [1.54, 1.807) is 11.1 Å². The Balaban J connectivity index is 1.72. The third-order valence-corrected chi connectivity index (χ3v) is 6.68. The normalized spacial score (nSPS) is 20.1. The van der Waals surface area contributed by atoms with Crippen LogP contribution in [0.4, 0.5) is 0 Å². The average molecular weight is 352 g/mol. The van der Waals surface area contributed by atoms with Gasteiger partial charge in [0, 0.05) is 11.7 Å². The fourth-order valence-electron chi connectivity index (χ4n) is 4.88. The van der Waals surface area contributed by atoms with Gasteiger partial charge in [0.2, 0.25) is 0 Å². The van der Waals surface area contributed by atoms with Crippen molar-refractivity contribution in [3.05, 3.63) is 59.3 Å². The van der Waals surface area contributed by atoms with E-state index in [1.165, 1.54) is 69.8 Å². The molecular weight excluding hydrogens is 314 g/mol. The van der Waals surface area contributed by atoms with E-state index in [2.05, 4.69) is 68.3 Å². The predicted molar refractivity (Wildman–Crippen MR) is 113 cm³/mol. The molecule has 1 aromatic carbocycles. The van der Waals surface area contributed by atoms with Crippen molar-refractivity contribution >= 4 is 0 Å². The number of unbranched alkanes of at least 4 members (excludes halogenated alkanes) is 5. The van der Waals surface area contributed by atoms with E-state index < -0.39 is 0 Å². The molecule has 2 aliphatic heterocycles. The Bertz CT molecular complexity index is 636. The van der Waals surface area contributed by atoms with E-state index in [0.717, 1.165) is 0 Å². The molecule has 2 aliphatic rings. The van der Waals surface area contributed by atoms with E-state index in [4.69, 9.17) is 0 Å². The first kappa shape index (κ1) is 19.3. The van der Waals surface area contributed by atoms with Gasteiger partial charge in [-0.2, -0.15) is 0 Å². The van der Waals surface area contributed by atoms with Crippen molar-refractivity contribution in [2.45, 2.75) is 96.6 Å². The zero-order valence-electron chi connectivity index (χ0n) is 17.1. The standard InChI is InChI=1S/C25H37N/c1-4-7-8-9-10-11-14-21-16-17-23-22(19-21)20-25(5-2,6-3)26-18-13-12-15-24(23)26/h12-13,15-19,24H,4-11,14,20H2,1-3H3. The SMILES string of the molecule is CCCCCCCCc1ccc2c(c1)CC(CC)(CC)N1C=CC=CC21. The van der Waals surface area contributed by atoms with E-state index in [0.29, 0.717) is 6.04 Å². The highest BCUT2D eigenvalue weighted by Crippen LogP contribution is 2.44. The number of hydrogen-bond donors (Lipinski definition) is 0. The van der Waals surface area contributed by atoms with Gasteiger partial charge in [0.1, 0.15) is 0 Å². The van der Waals surface area contributed by atoms with Crippen molar-refractivity contribution in [2.75, 3.05) is 0 Å². The minimum Gasteiger partial charge on any atom is -0.361 e. The van der Waals surface area contributed by atoms with Gasteiger partial charge in [-0.15, -0.1) is 0 Å². The average Bonchev–Trinajstić information content (AvgIpc) is 2.69. The summed E-state index contributed by atoms with van der Waals surface area (Å²) in [5.41, 5.74) is 4.94. The highest BCUT2D eigenvalue weighted by molar-refractivity contribution is 5.42. The fraction of sp³-hybridized carbons (Fsp3) is 0.600. The van der Waals surface area contributed by atoms with Crippen LogP contribution in [-0.4, -0.2) is 10.4 Å². The molecule has 0 saturated carbocycles. The number of benzene rings is 1. The monoisotopic (exact) mass is 351 g/mol. The van der Waals surface area contributed by atoms with Crippen LogP contribution in [0.25, 0.3) is 0 Å². The molecule has 2 heterocycles. The first-order valence-electron chi connectivity index (χ1n) is 11.0. The van der Waals surface area contributed by atoms with Crippen LogP contribution in [-0.2, 0) is 12.8 Å². The summed E-state index contributed by atoms with van der Waals surface area (Å²) in [5.74, 6) is 0. The second-order valence-corrected chi connectivity index (χ2v) is 8.24. The molecule has 0 amide bonds. The molecular formula is C25H37N. The summed E-state index contributed by atoms with van der Waals surface area (Å²) in [6.07, 6.45) is 22.2. The molecule has 0 fully saturated rings. The van der Waals surface area contributed by atoms with Crippen LogP contribution < -0.4 is 0 Å². The van der Waals surface area contributed by atoms with Crippen molar-refractivity contribution in [1.29, 1.82) is 0 Å². The molecule has 0 radical (unpaired) electrons. The van der Waals surface area contributed by atoms with Crippen LogP contribution in [0, 0.1) is 0 Å². The molecule has 1 unspecified atom stereocenters. The third-order valence-electron chi connectivity index (χ3n) is 6.68. The lowest BCUT2D eigenvalue weighted by Gasteiger charge is -2.51. The summed E-state index contributed by atoms with van der Waals surface area (Å²) in [6, 6.07) is 7.76. The minimum absolute atomic E-state index is 0.275. The fourth-order valence-corrected chi connectivity index (χ4v) is 4.88. The maximum absolute atomic E-state index is 2.63. The molecule has 0 saturated heterocycles. The highest BCUT2D eigenvalue weighted by atomic mass is 15.2. The van der Waals surface area contributed by atoms with Gasteiger partial charge < -0.3 is 4.90 Å². The second kappa shape index (κ2) is 8.93. The van der Waals surface area contributed by atoms with Gasteiger partial charge in [-0.25, -0.2) is 0 Å². The number of allylic oxidation sites excluding steroid dienone is 2. The molecule has 1 aromatic rings. The van der Waals surface area contributed by atoms with Crippen LogP contribution in [0.15, 0.2) is 42.6 Å². The summed E-state index contributed by atoms with van der Waals surface area (Å²) in [6.45, 7) is 7.01. The predicted octanol–water partition coefficient (Wildman–Crippen LogP) is 7.13. The molecule has 0 aromatic heterocycles. The number of rotatable bonds is 9. The van der Waals surface area contributed by atoms with Crippen molar-refractivity contribution in [2.24, 2.45) is 0 Å². The lowest BCUT2D eigenvalue weighted by Crippen LogP contribution is -2.51. The van der Waals surface area contributed by atoms with Crippen molar-refractivity contribution in [3.8, 4) is 0 Å². The van der Waals surface area contributed by atoms with E-state index in [9.17, 15) is 0 Å². The van der Waals surface area contributed by atoms with Gasteiger partial charge in [0.15, 0.2) is 0 Å². The minimum atomic E-state index is 0.275. The maximum Gasteiger partial charge on any atom is 0.0732 e. The van der Waals surface area contributed by atoms with Crippen molar-refractivity contribution in [1.82, 2.24) is 4.90 Å². The molecule has 1 heteroatoms. The Hall–Kier alpha value is -1.50. The highest BCUT2D eigenvalue weighted by Gasteiger charge is 2.41. The van der Waals surface area contributed by atoms with Crippen molar-refractivity contribution in [3.63, 3.8) is 0 Å². The van der Waals surface area contributed by atoms with Gasteiger partial charge in [0.05, 0.1) is 6.04 Å². The van der Waals surface area contributed by atoms with E-state index in [1.807, 2.05) is 0 Å². The first-order valence-corrected chi connectivity index (χ1v) is 11.0. The first-order chi connectivity index (χ1) is 12.7. The number of fused-ring (bicyclic) bond motifs is 3. The molecule has 142 valence electrons. The molecule has 26 heavy (non-hydrogen) atoms.